The molecule has 0 spiro atoms. The summed E-state index contributed by atoms with van der Waals surface area (Å²) in [5.41, 5.74) is 1.15. The fourth-order valence-electron chi connectivity index (χ4n) is 9.43. The van der Waals surface area contributed by atoms with E-state index in [1.165, 1.54) is 20.7 Å². The van der Waals surface area contributed by atoms with Gasteiger partial charge in [0.05, 0.1) is 29.3 Å². The molecule has 306 valence electrons. The molecule has 2 atom stereocenters. The Morgan fingerprint density at radius 3 is 1.36 bits per heavy atom. The molecule has 2 bridgehead atoms. The van der Waals surface area contributed by atoms with Crippen molar-refractivity contribution >= 4 is 48.2 Å². The zero-order valence-corrected chi connectivity index (χ0v) is 38.3. The van der Waals surface area contributed by atoms with Gasteiger partial charge in [-0.3, -0.25) is 4.21 Å². The van der Waals surface area contributed by atoms with Gasteiger partial charge in [0.2, 0.25) is 0 Å². The van der Waals surface area contributed by atoms with E-state index in [1.54, 1.807) is 0 Å². The predicted molar refractivity (Wildman–Crippen MR) is 244 cm³/mol. The van der Waals surface area contributed by atoms with Crippen molar-refractivity contribution in [3.05, 3.63) is 151 Å². The smallest absolute Gasteiger partial charge is 0.261 e. The SMILES string of the molecule is Cc1ccc([S@](=O)[C@@H]2CC3COC2(CCC(CO[Si](c2ccccc2)(c2ccccc2)C(C)(C)C)CO[Si](c2ccccc2)(c2ccccc2)C(C)(C)C)OC3)cc1. The highest BCUT2D eigenvalue weighted by atomic mass is 32.2. The van der Waals surface area contributed by atoms with E-state index < -0.39 is 33.2 Å². The van der Waals surface area contributed by atoms with E-state index >= 15 is 0 Å². The Kier molecular flexibility index (Phi) is 13.0. The topological polar surface area (TPSA) is 54.0 Å². The van der Waals surface area contributed by atoms with Gasteiger partial charge in [0.1, 0.15) is 0 Å². The predicted octanol–water partition coefficient (Wildman–Crippen LogP) is 8.78. The molecule has 8 rings (SSSR count). The summed E-state index contributed by atoms with van der Waals surface area (Å²) < 4.78 is 43.2. The van der Waals surface area contributed by atoms with Crippen molar-refractivity contribution in [2.75, 3.05) is 26.4 Å². The number of hydrogen-bond acceptors (Lipinski definition) is 5. The molecule has 5 nitrogen and oxygen atoms in total. The number of ether oxygens (including phenoxy) is 2. The van der Waals surface area contributed by atoms with Gasteiger partial charge in [-0.05, 0) is 62.7 Å². The molecule has 0 aromatic heterocycles. The molecule has 3 heterocycles. The molecular weight excluding hydrogens is 769 g/mol. The van der Waals surface area contributed by atoms with E-state index in [4.69, 9.17) is 18.3 Å². The molecule has 0 amide bonds. The molecule has 8 heteroatoms. The van der Waals surface area contributed by atoms with Crippen molar-refractivity contribution in [1.29, 1.82) is 0 Å². The second-order valence-electron chi connectivity index (χ2n) is 18.5. The van der Waals surface area contributed by atoms with Crippen molar-refractivity contribution in [3.63, 3.8) is 0 Å². The lowest BCUT2D eigenvalue weighted by molar-refractivity contribution is -0.314. The maximum absolute atomic E-state index is 14.4. The van der Waals surface area contributed by atoms with Crippen LogP contribution in [0.2, 0.25) is 10.1 Å². The summed E-state index contributed by atoms with van der Waals surface area (Å²) in [4.78, 5) is 0.830. The van der Waals surface area contributed by atoms with Gasteiger partial charge in [-0.1, -0.05) is 181 Å². The van der Waals surface area contributed by atoms with Gasteiger partial charge >= 0.3 is 0 Å². The van der Waals surface area contributed by atoms with Gasteiger partial charge in [0.15, 0.2) is 5.79 Å². The molecule has 3 aliphatic rings. The Hall–Kier alpha value is -3.48. The Labute approximate surface area is 352 Å². The van der Waals surface area contributed by atoms with Crippen LogP contribution in [0.15, 0.2) is 150 Å². The minimum Gasteiger partial charge on any atom is -0.407 e. The molecule has 0 aliphatic carbocycles. The molecule has 0 N–H and O–H groups in total. The molecule has 0 unspecified atom stereocenters. The lowest BCUT2D eigenvalue weighted by Gasteiger charge is -2.51. The van der Waals surface area contributed by atoms with Crippen LogP contribution in [0.5, 0.6) is 0 Å². The van der Waals surface area contributed by atoms with Gasteiger partial charge in [-0.15, -0.1) is 0 Å². The van der Waals surface area contributed by atoms with Crippen LogP contribution in [0, 0.1) is 18.8 Å². The minimum absolute atomic E-state index is 0.0158. The second kappa shape index (κ2) is 17.6. The average molecular weight is 831 g/mol. The summed E-state index contributed by atoms with van der Waals surface area (Å²) >= 11 is 0. The Morgan fingerprint density at radius 1 is 0.621 bits per heavy atom. The summed E-state index contributed by atoms with van der Waals surface area (Å²) in [6.45, 7) is 18.3. The summed E-state index contributed by atoms with van der Waals surface area (Å²) in [6.07, 6.45) is 2.14. The number of aryl methyl sites for hydroxylation is 1. The van der Waals surface area contributed by atoms with Crippen LogP contribution >= 0.6 is 0 Å². The first kappa shape index (κ1) is 42.6. The Morgan fingerprint density at radius 2 is 1.00 bits per heavy atom. The Bertz CT molecular complexity index is 1890. The van der Waals surface area contributed by atoms with Crippen molar-refractivity contribution < 1.29 is 22.5 Å². The highest BCUT2D eigenvalue weighted by Gasteiger charge is 2.55. The van der Waals surface area contributed by atoms with E-state index in [0.717, 1.165) is 23.3 Å². The molecule has 5 aromatic rings. The fourth-order valence-corrected chi connectivity index (χ4v) is 20.5. The summed E-state index contributed by atoms with van der Waals surface area (Å²) in [5, 5.41) is 4.39. The third kappa shape index (κ3) is 8.44. The highest BCUT2D eigenvalue weighted by molar-refractivity contribution is 7.85. The highest BCUT2D eigenvalue weighted by Crippen LogP contribution is 2.45. The number of rotatable bonds is 15. The fraction of sp³-hybridized carbons (Fsp3) is 0.400. The van der Waals surface area contributed by atoms with Gasteiger partial charge in [0, 0.05) is 36.4 Å². The third-order valence-corrected chi connectivity index (χ3v) is 24.3. The van der Waals surface area contributed by atoms with Crippen LogP contribution in [-0.4, -0.2) is 58.3 Å². The van der Waals surface area contributed by atoms with Crippen LogP contribution in [0.25, 0.3) is 0 Å². The standard InChI is InChI=1S/C50H62O5SSi2/c1-39-28-30-42(31-29-39)56(51)47-34-41-35-52-50(47,53-36-41)33-32-40(37-54-57(48(2,3)4,43-20-12-8-13-21-43)44-22-14-9-15-23-44)38-55-58(49(5,6)7,45-24-16-10-17-25-45)46-26-18-11-19-27-46/h8-31,40-41,47H,32-38H2,1-7H3/t41?,47-,50?,56+/m1/s1. The molecule has 0 radical (unpaired) electrons. The zero-order chi connectivity index (χ0) is 41.0. The van der Waals surface area contributed by atoms with E-state index in [2.05, 4.69) is 170 Å². The summed E-state index contributed by atoms with van der Waals surface area (Å²) in [5.74, 6) is -0.718. The van der Waals surface area contributed by atoms with Crippen LogP contribution in [0.1, 0.15) is 66.4 Å². The Balaban J connectivity index is 1.28. The van der Waals surface area contributed by atoms with Crippen LogP contribution < -0.4 is 20.7 Å². The van der Waals surface area contributed by atoms with Gasteiger partial charge < -0.3 is 18.3 Å². The molecular formula is C50H62O5SSi2. The third-order valence-electron chi connectivity index (χ3n) is 12.5. The van der Waals surface area contributed by atoms with E-state index in [0.29, 0.717) is 32.8 Å². The van der Waals surface area contributed by atoms with Crippen molar-refractivity contribution in [3.8, 4) is 0 Å². The van der Waals surface area contributed by atoms with Crippen LogP contribution in [0.4, 0.5) is 0 Å². The first-order valence-corrected chi connectivity index (χ1v) is 26.1. The molecule has 58 heavy (non-hydrogen) atoms. The monoisotopic (exact) mass is 830 g/mol. The maximum Gasteiger partial charge on any atom is 0.261 e. The average Bonchev–Trinajstić information content (AvgIpc) is 3.24. The van der Waals surface area contributed by atoms with E-state index in [1.807, 2.05) is 24.3 Å². The van der Waals surface area contributed by atoms with Crippen molar-refractivity contribution in [2.24, 2.45) is 11.8 Å². The number of hydrogen-bond donors (Lipinski definition) is 0. The molecule has 3 saturated heterocycles. The van der Waals surface area contributed by atoms with Gasteiger partial charge in [-0.25, -0.2) is 0 Å². The van der Waals surface area contributed by atoms with Gasteiger partial charge in [0.25, 0.3) is 16.6 Å². The molecule has 3 fully saturated rings. The van der Waals surface area contributed by atoms with E-state index in [9.17, 15) is 4.21 Å². The van der Waals surface area contributed by atoms with Crippen LogP contribution in [0.3, 0.4) is 0 Å². The molecule has 3 aliphatic heterocycles. The summed E-state index contributed by atoms with van der Waals surface area (Å²) in [7, 11) is -7.04. The maximum atomic E-state index is 14.4. The summed E-state index contributed by atoms with van der Waals surface area (Å²) in [6, 6.07) is 51.6. The zero-order valence-electron chi connectivity index (χ0n) is 35.5. The quantitative estimate of drug-likeness (QED) is 0.0989. The minimum atomic E-state index is -2.87. The number of benzene rings is 5. The normalized spacial score (nSPS) is 20.6. The van der Waals surface area contributed by atoms with Gasteiger partial charge in [-0.2, -0.15) is 0 Å². The lowest BCUT2D eigenvalue weighted by Crippen LogP contribution is -2.68. The van der Waals surface area contributed by atoms with Crippen molar-refractivity contribution in [1.82, 2.24) is 0 Å². The first-order chi connectivity index (χ1) is 27.8. The number of fused-ring (bicyclic) bond motifs is 3. The molecule has 5 aromatic carbocycles. The first-order valence-electron chi connectivity index (χ1n) is 21.0. The van der Waals surface area contributed by atoms with E-state index in [-0.39, 0.29) is 27.2 Å². The second-order valence-corrected chi connectivity index (χ2v) is 28.7. The molecule has 0 saturated carbocycles. The lowest BCUT2D eigenvalue weighted by atomic mass is 9.88. The van der Waals surface area contributed by atoms with Crippen LogP contribution in [-0.2, 0) is 29.1 Å². The largest absolute Gasteiger partial charge is 0.407 e. The van der Waals surface area contributed by atoms with Crippen molar-refractivity contribution in [2.45, 2.75) is 93.7 Å².